The molecule has 2 N–H and O–H groups in total. The van der Waals surface area contributed by atoms with E-state index < -0.39 is 16.4 Å². The SMILES string of the molecule is Brc1c2ccccc2n2c3ccccc3n(-c3ccccc3)c12.C.O=[N+]([O-])c1ccccc1-n1ccc2ccccc21.O=[N+]([O-])c1ccccc1F.c1ccc(-n2c3ccccc3n3c4ccccc4cc23)cc1.c1ccc2[nH]ccc2c1.c1ccc2c(c1)cc1[nH]c3ccccc3n12. The van der Waals surface area contributed by atoms with Crippen molar-refractivity contribution in [2.45, 2.75) is 7.43 Å². The Morgan fingerprint density at radius 3 is 1.47 bits per heavy atom. The Morgan fingerprint density at radius 1 is 0.374 bits per heavy atom. The van der Waals surface area contributed by atoms with E-state index in [9.17, 15) is 24.6 Å². The summed E-state index contributed by atoms with van der Waals surface area (Å²) in [5, 5.41) is 27.2. The second kappa shape index (κ2) is 27.7. The van der Waals surface area contributed by atoms with Gasteiger partial charge in [-0.05, 0) is 154 Å². The summed E-state index contributed by atoms with van der Waals surface area (Å²) >= 11 is 3.84. The van der Waals surface area contributed by atoms with Crippen LogP contribution in [0.4, 0.5) is 15.8 Å². The van der Waals surface area contributed by atoms with Crippen molar-refractivity contribution in [3.8, 4) is 17.1 Å². The molecule has 8 heterocycles. The Bertz CT molecular complexity index is 6180. The first kappa shape index (κ1) is 63.3. The molecule has 0 atom stereocenters. The minimum atomic E-state index is -0.799. The molecule has 0 amide bonds. The standard InChI is InChI=1S/C20H13BrN2.C20H14N2.C14H10N2O2.C14H10N2.C8H7N.C6H4FNO2.CH4/c21-19-15-10-4-5-11-16(15)23-18-13-7-6-12-17(18)22(20(19)23)14-8-2-1-3-9-14;1-2-9-16(10-3-1)21-18-12-6-7-13-19(18)22-17-11-5-4-8-15(17)14-20(21)22;17-16(18)14-8-4-3-7-13(14)15-10-9-11-5-1-2-6-12(11)15;1-3-7-12-10(5-1)9-14-15-11-6-2-4-8-13(11)16(12)14;1-2-4-8-7(3-1)5-6-9-8;7-5-3-1-2-4-6(5)8(9)10;/h1-13H;1-14H;1-10H;1-9,15H;1-6,9H;1-4H;1H4. The third kappa shape index (κ3) is 12.1. The summed E-state index contributed by atoms with van der Waals surface area (Å²) in [7, 11) is 0. The summed E-state index contributed by atoms with van der Waals surface area (Å²) in [4.78, 5) is 26.5. The second-order valence-corrected chi connectivity index (χ2v) is 23.8. The van der Waals surface area contributed by atoms with Crippen molar-refractivity contribution >= 4 is 132 Å². The minimum Gasteiger partial charge on any atom is -0.361 e. The van der Waals surface area contributed by atoms with Crippen LogP contribution in [0.1, 0.15) is 7.43 Å². The highest BCUT2D eigenvalue weighted by Crippen LogP contribution is 2.38. The number of aromatic nitrogens is 8. The largest absolute Gasteiger partial charge is 0.361 e. The van der Waals surface area contributed by atoms with Crippen LogP contribution in [0, 0.1) is 26.0 Å². The number of nitro groups is 2. The lowest BCUT2D eigenvalue weighted by Gasteiger charge is -2.06. The van der Waals surface area contributed by atoms with E-state index in [2.05, 4.69) is 285 Å². The van der Waals surface area contributed by atoms with Gasteiger partial charge in [0.25, 0.3) is 5.69 Å². The quantitative estimate of drug-likeness (QED) is 0.130. The maximum atomic E-state index is 12.4. The zero-order valence-corrected chi connectivity index (χ0v) is 53.9. The van der Waals surface area contributed by atoms with E-state index in [-0.39, 0.29) is 18.0 Å². The van der Waals surface area contributed by atoms with Crippen molar-refractivity contribution in [3.63, 3.8) is 0 Å². The van der Waals surface area contributed by atoms with Gasteiger partial charge in [0.05, 0.1) is 69.5 Å². The molecule has 20 aromatic rings. The fourth-order valence-corrected chi connectivity index (χ4v) is 13.6. The highest BCUT2D eigenvalue weighted by atomic mass is 79.9. The average Bonchev–Trinajstić information content (AvgIpc) is 1.57. The first-order valence-electron chi connectivity index (χ1n) is 31.6. The van der Waals surface area contributed by atoms with Gasteiger partial charge in [0.1, 0.15) is 22.6 Å². The predicted octanol–water partition coefficient (Wildman–Crippen LogP) is 22.5. The Kier molecular flexibility index (Phi) is 17.7. The molecule has 482 valence electrons. The number of para-hydroxylation sites is 16. The molecule has 16 heteroatoms. The zero-order valence-electron chi connectivity index (χ0n) is 52.3. The Labute approximate surface area is 574 Å². The minimum absolute atomic E-state index is 0. The molecule has 0 saturated heterocycles. The normalized spacial score (nSPS) is 11.0. The fraction of sp³-hybridized carbons (Fsp3) is 0.0120. The van der Waals surface area contributed by atoms with Crippen molar-refractivity contribution in [2.24, 2.45) is 0 Å². The number of imidazole rings is 3. The lowest BCUT2D eigenvalue weighted by molar-refractivity contribution is -0.387. The van der Waals surface area contributed by atoms with Crippen LogP contribution in [0.15, 0.2) is 344 Å². The van der Waals surface area contributed by atoms with Gasteiger partial charge in [-0.25, -0.2) is 0 Å². The Hall–Kier alpha value is -13.1. The number of H-pyrrole nitrogens is 2. The predicted molar refractivity (Wildman–Crippen MR) is 406 cm³/mol. The number of halogens is 2. The number of rotatable bonds is 5. The molecule has 8 aromatic heterocycles. The number of hydrogen-bond acceptors (Lipinski definition) is 4. The van der Waals surface area contributed by atoms with E-state index in [0.717, 1.165) is 33.2 Å². The van der Waals surface area contributed by atoms with E-state index in [4.69, 9.17) is 0 Å². The molecular formula is C83H62BrFN10O4. The third-order valence-corrected chi connectivity index (χ3v) is 18.0. The Balaban J connectivity index is 0.000000104. The Morgan fingerprint density at radius 2 is 0.838 bits per heavy atom. The summed E-state index contributed by atoms with van der Waals surface area (Å²) in [6, 6.07) is 108. The molecule has 12 aromatic carbocycles. The highest BCUT2D eigenvalue weighted by molar-refractivity contribution is 9.10. The van der Waals surface area contributed by atoms with Gasteiger partial charge < -0.3 is 14.5 Å². The third-order valence-electron chi connectivity index (χ3n) is 17.2. The highest BCUT2D eigenvalue weighted by Gasteiger charge is 2.21. The van der Waals surface area contributed by atoms with Crippen LogP contribution in [0.2, 0.25) is 0 Å². The lowest BCUT2D eigenvalue weighted by atomic mass is 10.2. The van der Waals surface area contributed by atoms with Gasteiger partial charge in [-0.2, -0.15) is 4.39 Å². The van der Waals surface area contributed by atoms with Crippen LogP contribution in [0.25, 0.3) is 122 Å². The second-order valence-electron chi connectivity index (χ2n) is 23.0. The first-order chi connectivity index (χ1) is 48.2. The maximum Gasteiger partial charge on any atom is 0.304 e. The summed E-state index contributed by atoms with van der Waals surface area (Å²) < 4.78 is 27.0. The summed E-state index contributed by atoms with van der Waals surface area (Å²) in [5.74, 6) is -0.799. The molecule has 0 bridgehead atoms. The van der Waals surface area contributed by atoms with Gasteiger partial charge in [0.2, 0.25) is 5.82 Å². The first-order valence-corrected chi connectivity index (χ1v) is 32.4. The summed E-state index contributed by atoms with van der Waals surface area (Å²) in [6.07, 6.45) is 3.80. The van der Waals surface area contributed by atoms with Crippen molar-refractivity contribution in [1.82, 2.24) is 36.9 Å². The van der Waals surface area contributed by atoms with Crippen LogP contribution in [0.3, 0.4) is 0 Å². The van der Waals surface area contributed by atoms with Gasteiger partial charge >= 0.3 is 5.69 Å². The molecule has 14 nitrogen and oxygen atoms in total. The molecule has 0 fully saturated rings. The zero-order chi connectivity index (χ0) is 66.6. The summed E-state index contributed by atoms with van der Waals surface area (Å²) in [5.41, 5.74) is 19.3. The van der Waals surface area contributed by atoms with Crippen LogP contribution >= 0.6 is 15.9 Å². The van der Waals surface area contributed by atoms with Crippen molar-refractivity contribution in [3.05, 3.63) is 370 Å². The molecule has 0 aliphatic heterocycles. The smallest absolute Gasteiger partial charge is 0.304 e. The molecule has 0 aliphatic carbocycles. The number of nitrogens with one attached hydrogen (secondary N) is 2. The molecule has 0 spiro atoms. The van der Waals surface area contributed by atoms with Gasteiger partial charge in [0, 0.05) is 57.6 Å². The monoisotopic (exact) mass is 1360 g/mol. The number of fused-ring (bicyclic) bond motifs is 17. The van der Waals surface area contributed by atoms with E-state index in [1.165, 1.54) is 118 Å². The molecule has 99 heavy (non-hydrogen) atoms. The molecule has 0 unspecified atom stereocenters. The molecule has 20 rings (SSSR count). The van der Waals surface area contributed by atoms with E-state index >= 15 is 0 Å². The van der Waals surface area contributed by atoms with E-state index in [1.807, 2.05) is 59.4 Å². The average molecular weight is 1360 g/mol. The van der Waals surface area contributed by atoms with Crippen LogP contribution in [-0.2, 0) is 0 Å². The van der Waals surface area contributed by atoms with Crippen molar-refractivity contribution in [1.29, 1.82) is 0 Å². The fourth-order valence-electron chi connectivity index (χ4n) is 12.9. The van der Waals surface area contributed by atoms with Gasteiger partial charge in [-0.15, -0.1) is 0 Å². The number of hydrogen-bond donors (Lipinski definition) is 2. The molecule has 0 aliphatic rings. The molecule has 0 saturated carbocycles. The van der Waals surface area contributed by atoms with Gasteiger partial charge in [0.15, 0.2) is 0 Å². The summed E-state index contributed by atoms with van der Waals surface area (Å²) in [6.45, 7) is 0. The number of nitrogens with zero attached hydrogens (tertiary/aromatic N) is 8. The topological polar surface area (TPSA) is 146 Å². The van der Waals surface area contributed by atoms with Gasteiger partial charge in [-0.1, -0.05) is 195 Å². The van der Waals surface area contributed by atoms with Crippen molar-refractivity contribution < 1.29 is 14.2 Å². The van der Waals surface area contributed by atoms with E-state index in [1.54, 1.807) is 18.2 Å². The van der Waals surface area contributed by atoms with Crippen LogP contribution < -0.4 is 0 Å². The number of benzene rings is 12. The molecular weight excluding hydrogens is 1300 g/mol. The number of aromatic amines is 2. The van der Waals surface area contributed by atoms with E-state index in [0.29, 0.717) is 5.69 Å². The molecule has 0 radical (unpaired) electrons. The lowest BCUT2D eigenvalue weighted by Crippen LogP contribution is -1.98. The van der Waals surface area contributed by atoms with Crippen LogP contribution in [0.5, 0.6) is 0 Å². The van der Waals surface area contributed by atoms with Gasteiger partial charge in [-0.3, -0.25) is 42.6 Å². The van der Waals surface area contributed by atoms with Crippen LogP contribution in [-0.4, -0.2) is 46.7 Å². The van der Waals surface area contributed by atoms with Crippen molar-refractivity contribution in [2.75, 3.05) is 0 Å². The number of nitro benzene ring substituents is 2. The maximum absolute atomic E-state index is 12.4.